The number of carbonyl (C=O) groups is 1. The van der Waals surface area contributed by atoms with Crippen LogP contribution in [0.15, 0.2) is 35.1 Å². The minimum atomic E-state index is 0.152. The van der Waals surface area contributed by atoms with Crippen LogP contribution >= 0.6 is 15.9 Å². The molecule has 0 bridgehead atoms. The number of benzene rings is 1. The minimum absolute atomic E-state index is 0.152. The highest BCUT2D eigenvalue weighted by molar-refractivity contribution is 9.10. The number of aryl methyl sites for hydroxylation is 1. The second-order valence-corrected chi connectivity index (χ2v) is 5.55. The second kappa shape index (κ2) is 6.61. The molecule has 0 unspecified atom stereocenters. The average molecular weight is 334 g/mol. The molecule has 1 heterocycles. The maximum atomic E-state index is 10.9. The summed E-state index contributed by atoms with van der Waals surface area (Å²) in [5.74, 6) is 0.696. The highest BCUT2D eigenvalue weighted by Gasteiger charge is 2.04. The molecule has 0 aliphatic heterocycles. The molecule has 0 radical (unpaired) electrons. The Balaban J connectivity index is 2.11. The first-order valence-corrected chi connectivity index (χ1v) is 7.17. The van der Waals surface area contributed by atoms with Gasteiger partial charge in [-0.25, -0.2) is 9.97 Å². The number of nitrogens with one attached hydrogen (secondary N) is 1. The number of Topliss-reactive ketones (excluding diaryl/α,β-unsaturated/α-hetero) is 1. The molecule has 2 rings (SSSR count). The maximum Gasteiger partial charge on any atom is 0.222 e. The first-order valence-electron chi connectivity index (χ1n) is 6.38. The van der Waals surface area contributed by atoms with Crippen LogP contribution in [0.2, 0.25) is 0 Å². The fraction of sp³-hybridized carbons (Fsp3) is 0.267. The summed E-state index contributed by atoms with van der Waals surface area (Å²) in [6.07, 6.45) is 4.06. The van der Waals surface area contributed by atoms with E-state index in [1.54, 1.807) is 19.3 Å². The fourth-order valence-electron chi connectivity index (χ4n) is 1.81. The molecule has 4 nitrogen and oxygen atoms in total. The van der Waals surface area contributed by atoms with Crippen molar-refractivity contribution in [3.63, 3.8) is 0 Å². The Morgan fingerprint density at radius 2 is 2.00 bits per heavy atom. The number of aromatic nitrogens is 2. The standard InChI is InChI=1S/C15H16BrN3O/c1-10-3-4-13(16)7-14(10)12-8-18-15(19-9-12)17-6-5-11(2)20/h3-4,7-9H,5-6H2,1-2H3,(H,17,18,19). The SMILES string of the molecule is CC(=O)CCNc1ncc(-c2cc(Br)ccc2C)cn1. The molecule has 1 N–H and O–H groups in total. The van der Waals surface area contributed by atoms with Crippen molar-refractivity contribution in [2.24, 2.45) is 0 Å². The van der Waals surface area contributed by atoms with Gasteiger partial charge in [0.2, 0.25) is 5.95 Å². The largest absolute Gasteiger partial charge is 0.354 e. The lowest BCUT2D eigenvalue weighted by Gasteiger charge is -2.07. The summed E-state index contributed by atoms with van der Waals surface area (Å²) >= 11 is 3.47. The first-order chi connectivity index (χ1) is 9.56. The zero-order valence-electron chi connectivity index (χ0n) is 11.5. The zero-order chi connectivity index (χ0) is 14.5. The number of anilines is 1. The Bertz CT molecular complexity index is 611. The number of hydrogen-bond donors (Lipinski definition) is 1. The molecule has 2 aromatic rings. The number of rotatable bonds is 5. The van der Waals surface area contributed by atoms with Gasteiger partial charge in [-0.15, -0.1) is 0 Å². The molecule has 20 heavy (non-hydrogen) atoms. The van der Waals surface area contributed by atoms with Crippen molar-refractivity contribution in [2.45, 2.75) is 20.3 Å². The molecule has 0 saturated heterocycles. The van der Waals surface area contributed by atoms with E-state index in [9.17, 15) is 4.79 Å². The van der Waals surface area contributed by atoms with Crippen LogP contribution in [0.5, 0.6) is 0 Å². The summed E-state index contributed by atoms with van der Waals surface area (Å²) in [6, 6.07) is 6.12. The van der Waals surface area contributed by atoms with Gasteiger partial charge in [0, 0.05) is 35.4 Å². The highest BCUT2D eigenvalue weighted by Crippen LogP contribution is 2.25. The van der Waals surface area contributed by atoms with E-state index in [1.165, 1.54) is 5.56 Å². The Hall–Kier alpha value is -1.75. The topological polar surface area (TPSA) is 54.9 Å². The Labute approximate surface area is 126 Å². The van der Waals surface area contributed by atoms with Gasteiger partial charge in [0.25, 0.3) is 0 Å². The predicted octanol–water partition coefficient (Wildman–Crippen LogP) is 3.61. The smallest absolute Gasteiger partial charge is 0.222 e. The van der Waals surface area contributed by atoms with E-state index in [1.807, 2.05) is 6.07 Å². The van der Waals surface area contributed by atoms with Crippen LogP contribution in [0, 0.1) is 6.92 Å². The van der Waals surface area contributed by atoms with Crippen LogP contribution in [0.25, 0.3) is 11.1 Å². The van der Waals surface area contributed by atoms with Gasteiger partial charge in [-0.2, -0.15) is 0 Å². The Morgan fingerprint density at radius 1 is 1.30 bits per heavy atom. The monoisotopic (exact) mass is 333 g/mol. The summed E-state index contributed by atoms with van der Waals surface area (Å²) in [5.41, 5.74) is 3.25. The molecule has 0 aliphatic carbocycles. The summed E-state index contributed by atoms with van der Waals surface area (Å²) in [7, 11) is 0. The Morgan fingerprint density at radius 3 is 2.65 bits per heavy atom. The summed E-state index contributed by atoms with van der Waals surface area (Å²) < 4.78 is 1.03. The van der Waals surface area contributed by atoms with Gasteiger partial charge >= 0.3 is 0 Å². The van der Waals surface area contributed by atoms with E-state index >= 15 is 0 Å². The first kappa shape index (κ1) is 14.7. The fourth-order valence-corrected chi connectivity index (χ4v) is 2.18. The molecular formula is C15H16BrN3O. The normalized spacial score (nSPS) is 10.3. The van der Waals surface area contributed by atoms with Crippen molar-refractivity contribution in [3.05, 3.63) is 40.6 Å². The lowest BCUT2D eigenvalue weighted by molar-refractivity contribution is -0.116. The second-order valence-electron chi connectivity index (χ2n) is 4.63. The number of nitrogens with zero attached hydrogens (tertiary/aromatic N) is 2. The van der Waals surface area contributed by atoms with Crippen molar-refractivity contribution < 1.29 is 4.79 Å². The molecule has 0 fully saturated rings. The average Bonchev–Trinajstić information content (AvgIpc) is 2.42. The number of hydrogen-bond acceptors (Lipinski definition) is 4. The third kappa shape index (κ3) is 3.87. The van der Waals surface area contributed by atoms with Crippen molar-refractivity contribution in [1.29, 1.82) is 0 Å². The molecule has 1 aromatic heterocycles. The molecule has 0 amide bonds. The van der Waals surface area contributed by atoms with Crippen LogP contribution in [0.1, 0.15) is 18.9 Å². The molecule has 0 saturated carbocycles. The van der Waals surface area contributed by atoms with Crippen LogP contribution in [-0.2, 0) is 4.79 Å². The predicted molar refractivity (Wildman–Crippen MR) is 83.7 cm³/mol. The van der Waals surface area contributed by atoms with E-state index in [4.69, 9.17) is 0 Å². The van der Waals surface area contributed by atoms with Gasteiger partial charge in [0.05, 0.1) is 0 Å². The maximum absolute atomic E-state index is 10.9. The molecule has 0 aliphatic rings. The zero-order valence-corrected chi connectivity index (χ0v) is 13.1. The van der Waals surface area contributed by atoms with Gasteiger partial charge in [0.15, 0.2) is 0 Å². The molecule has 5 heteroatoms. The van der Waals surface area contributed by atoms with Gasteiger partial charge < -0.3 is 5.32 Å². The van der Waals surface area contributed by atoms with E-state index in [-0.39, 0.29) is 5.78 Å². The lowest BCUT2D eigenvalue weighted by Crippen LogP contribution is -2.08. The van der Waals surface area contributed by atoms with E-state index in [0.29, 0.717) is 18.9 Å². The molecule has 1 aromatic carbocycles. The van der Waals surface area contributed by atoms with Gasteiger partial charge in [-0.3, -0.25) is 4.79 Å². The van der Waals surface area contributed by atoms with E-state index < -0.39 is 0 Å². The third-order valence-corrected chi connectivity index (χ3v) is 3.42. The van der Waals surface area contributed by atoms with Crippen molar-refractivity contribution in [3.8, 4) is 11.1 Å². The quantitative estimate of drug-likeness (QED) is 0.908. The van der Waals surface area contributed by atoms with Crippen LogP contribution < -0.4 is 5.32 Å². The molecule has 0 spiro atoms. The van der Waals surface area contributed by atoms with Crippen molar-refractivity contribution in [2.75, 3.05) is 11.9 Å². The molecule has 104 valence electrons. The number of ketones is 1. The van der Waals surface area contributed by atoms with Crippen LogP contribution in [0.3, 0.4) is 0 Å². The molecule has 0 atom stereocenters. The highest BCUT2D eigenvalue weighted by atomic mass is 79.9. The van der Waals surface area contributed by atoms with Gasteiger partial charge in [-0.05, 0) is 37.1 Å². The van der Waals surface area contributed by atoms with Crippen LogP contribution in [0.4, 0.5) is 5.95 Å². The van der Waals surface area contributed by atoms with Gasteiger partial charge in [-0.1, -0.05) is 22.0 Å². The van der Waals surface area contributed by atoms with Crippen LogP contribution in [-0.4, -0.2) is 22.3 Å². The summed E-state index contributed by atoms with van der Waals surface area (Å²) in [5, 5.41) is 3.03. The minimum Gasteiger partial charge on any atom is -0.354 e. The van der Waals surface area contributed by atoms with Gasteiger partial charge in [0.1, 0.15) is 5.78 Å². The van der Waals surface area contributed by atoms with E-state index in [2.05, 4.69) is 50.3 Å². The van der Waals surface area contributed by atoms with Crippen molar-refractivity contribution >= 4 is 27.7 Å². The number of halogens is 1. The number of carbonyl (C=O) groups excluding carboxylic acids is 1. The van der Waals surface area contributed by atoms with Crippen molar-refractivity contribution in [1.82, 2.24) is 9.97 Å². The lowest BCUT2D eigenvalue weighted by atomic mass is 10.0. The summed E-state index contributed by atoms with van der Waals surface area (Å²) in [6.45, 7) is 4.19. The third-order valence-electron chi connectivity index (χ3n) is 2.92. The summed E-state index contributed by atoms with van der Waals surface area (Å²) in [4.78, 5) is 19.4. The Kier molecular flexibility index (Phi) is 4.84. The molecular weight excluding hydrogens is 318 g/mol. The van der Waals surface area contributed by atoms with E-state index in [0.717, 1.165) is 15.6 Å².